The van der Waals surface area contributed by atoms with Crippen molar-refractivity contribution in [2.24, 2.45) is 0 Å². The number of imidazole rings is 1. The third-order valence-corrected chi connectivity index (χ3v) is 4.61. The molecular weight excluding hydrogens is 404 g/mol. The zero-order chi connectivity index (χ0) is 21.3. The van der Waals surface area contributed by atoms with Gasteiger partial charge in [-0.25, -0.2) is 4.98 Å². The largest absolute Gasteiger partial charge is 0.465 e. The van der Waals surface area contributed by atoms with Crippen molar-refractivity contribution in [3.8, 4) is 11.3 Å². The van der Waals surface area contributed by atoms with E-state index in [2.05, 4.69) is 4.98 Å². The normalized spacial score (nSPS) is 10.6. The molecule has 156 valence electrons. The van der Waals surface area contributed by atoms with E-state index in [1.807, 2.05) is 42.5 Å². The van der Waals surface area contributed by atoms with Gasteiger partial charge in [0.15, 0.2) is 0 Å². The second kappa shape index (κ2) is 10.6. The summed E-state index contributed by atoms with van der Waals surface area (Å²) in [4.78, 5) is 28.8. The smallest absolute Gasteiger partial charge is 0.325 e. The van der Waals surface area contributed by atoms with Crippen LogP contribution in [-0.2, 0) is 38.6 Å². The average molecular weight is 427 g/mol. The monoisotopic (exact) mass is 426 g/mol. The molecule has 0 saturated heterocycles. The minimum Gasteiger partial charge on any atom is -0.465 e. The van der Waals surface area contributed by atoms with Crippen LogP contribution >= 0.6 is 11.6 Å². The quantitative estimate of drug-likeness (QED) is 0.473. The van der Waals surface area contributed by atoms with Crippen molar-refractivity contribution in [3.05, 3.63) is 77.2 Å². The van der Waals surface area contributed by atoms with Crippen molar-refractivity contribution < 1.29 is 19.1 Å². The number of carbonyl (C=O) groups is 2. The Balaban J connectivity index is 1.69. The second-order valence-corrected chi connectivity index (χ2v) is 7.07. The highest BCUT2D eigenvalue weighted by Crippen LogP contribution is 2.23. The number of carbonyl (C=O) groups excluding carboxylic acids is 2. The van der Waals surface area contributed by atoms with E-state index in [1.54, 1.807) is 29.8 Å². The van der Waals surface area contributed by atoms with Crippen molar-refractivity contribution in [2.45, 2.75) is 32.9 Å². The fraction of sp³-hybridized carbons (Fsp3) is 0.261. The lowest BCUT2D eigenvalue weighted by atomic mass is 10.2. The summed E-state index contributed by atoms with van der Waals surface area (Å²) in [5.74, 6) is -0.0796. The molecule has 0 fully saturated rings. The molecule has 0 atom stereocenters. The van der Waals surface area contributed by atoms with Crippen molar-refractivity contribution in [3.63, 3.8) is 0 Å². The van der Waals surface area contributed by atoms with E-state index in [4.69, 9.17) is 21.1 Å². The van der Waals surface area contributed by atoms with Gasteiger partial charge in [-0.2, -0.15) is 0 Å². The molecule has 0 aliphatic heterocycles. The number of benzene rings is 2. The number of esters is 2. The van der Waals surface area contributed by atoms with E-state index in [-0.39, 0.29) is 31.5 Å². The van der Waals surface area contributed by atoms with Gasteiger partial charge in [0.25, 0.3) is 0 Å². The lowest BCUT2D eigenvalue weighted by Crippen LogP contribution is -2.16. The Morgan fingerprint density at radius 3 is 2.57 bits per heavy atom. The maximum atomic E-state index is 12.2. The molecule has 0 bridgehead atoms. The number of aromatic nitrogens is 2. The van der Waals surface area contributed by atoms with Gasteiger partial charge in [-0.05, 0) is 24.6 Å². The fourth-order valence-corrected chi connectivity index (χ4v) is 3.14. The first-order valence-electron chi connectivity index (χ1n) is 9.72. The SMILES string of the molecule is CCOC(=O)Cn1cc(-c2cccc(Cl)c2)nc1CCC(=O)OCc1ccccc1. The Morgan fingerprint density at radius 2 is 1.83 bits per heavy atom. The van der Waals surface area contributed by atoms with Gasteiger partial charge < -0.3 is 14.0 Å². The molecule has 0 aliphatic rings. The van der Waals surface area contributed by atoms with Crippen molar-refractivity contribution >= 4 is 23.5 Å². The van der Waals surface area contributed by atoms with Crippen LogP contribution < -0.4 is 0 Å². The first-order valence-corrected chi connectivity index (χ1v) is 10.1. The molecule has 2 aromatic carbocycles. The molecule has 0 amide bonds. The summed E-state index contributed by atoms with van der Waals surface area (Å²) in [5.41, 5.74) is 2.44. The van der Waals surface area contributed by atoms with Crippen LogP contribution in [0, 0.1) is 0 Å². The summed E-state index contributed by atoms with van der Waals surface area (Å²) in [5, 5.41) is 0.596. The summed E-state index contributed by atoms with van der Waals surface area (Å²) in [6.07, 6.45) is 2.27. The van der Waals surface area contributed by atoms with Crippen molar-refractivity contribution in [1.82, 2.24) is 9.55 Å². The van der Waals surface area contributed by atoms with Crippen LogP contribution in [0.2, 0.25) is 5.02 Å². The van der Waals surface area contributed by atoms with Gasteiger partial charge >= 0.3 is 11.9 Å². The standard InChI is InChI=1S/C23H23ClN2O4/c1-2-29-23(28)15-26-14-20(18-9-6-10-19(24)13-18)25-21(26)11-12-22(27)30-16-17-7-4-3-5-8-17/h3-10,13-14H,2,11-12,15-16H2,1H3. The van der Waals surface area contributed by atoms with Gasteiger partial charge in [0.2, 0.25) is 0 Å². The second-order valence-electron chi connectivity index (χ2n) is 6.63. The van der Waals surface area contributed by atoms with Crippen molar-refractivity contribution in [1.29, 1.82) is 0 Å². The molecule has 1 heterocycles. The van der Waals surface area contributed by atoms with Gasteiger partial charge in [0.05, 0.1) is 18.7 Å². The molecule has 7 heteroatoms. The Hall–Kier alpha value is -3.12. The highest BCUT2D eigenvalue weighted by Gasteiger charge is 2.15. The molecule has 3 aromatic rings. The van der Waals surface area contributed by atoms with Gasteiger partial charge in [-0.15, -0.1) is 0 Å². The first-order chi connectivity index (χ1) is 14.5. The Labute approximate surface area is 180 Å². The minimum absolute atomic E-state index is 0.0236. The third-order valence-electron chi connectivity index (χ3n) is 4.38. The number of hydrogen-bond donors (Lipinski definition) is 0. The van der Waals surface area contributed by atoms with Crippen LogP contribution in [0.15, 0.2) is 60.8 Å². The molecule has 0 N–H and O–H groups in total. The van der Waals surface area contributed by atoms with Crippen LogP contribution in [0.1, 0.15) is 24.7 Å². The predicted molar refractivity (Wildman–Crippen MR) is 114 cm³/mol. The van der Waals surface area contributed by atoms with Crippen LogP contribution in [0.4, 0.5) is 0 Å². The summed E-state index contributed by atoms with van der Waals surface area (Å²) >= 11 is 6.09. The molecule has 0 aliphatic carbocycles. The van der Waals surface area contributed by atoms with Crippen LogP contribution in [0.5, 0.6) is 0 Å². The van der Waals surface area contributed by atoms with Crippen LogP contribution in [-0.4, -0.2) is 28.1 Å². The Morgan fingerprint density at radius 1 is 1.03 bits per heavy atom. The molecule has 0 spiro atoms. The van der Waals surface area contributed by atoms with E-state index in [9.17, 15) is 9.59 Å². The average Bonchev–Trinajstić information content (AvgIpc) is 3.14. The zero-order valence-electron chi connectivity index (χ0n) is 16.7. The number of rotatable bonds is 9. The number of ether oxygens (including phenoxy) is 2. The lowest BCUT2D eigenvalue weighted by molar-refractivity contribution is -0.145. The molecular formula is C23H23ClN2O4. The van der Waals surface area contributed by atoms with E-state index in [1.165, 1.54) is 0 Å². The van der Waals surface area contributed by atoms with E-state index in [0.717, 1.165) is 11.1 Å². The molecule has 6 nitrogen and oxygen atoms in total. The summed E-state index contributed by atoms with van der Waals surface area (Å²) in [6, 6.07) is 16.8. The molecule has 0 saturated carbocycles. The topological polar surface area (TPSA) is 70.4 Å². The maximum absolute atomic E-state index is 12.2. The highest BCUT2D eigenvalue weighted by molar-refractivity contribution is 6.30. The van der Waals surface area contributed by atoms with Crippen LogP contribution in [0.3, 0.4) is 0 Å². The fourth-order valence-electron chi connectivity index (χ4n) is 2.95. The summed E-state index contributed by atoms with van der Waals surface area (Å²) in [6.45, 7) is 2.31. The summed E-state index contributed by atoms with van der Waals surface area (Å²) < 4.78 is 12.1. The van der Waals surface area contributed by atoms with E-state index >= 15 is 0 Å². The van der Waals surface area contributed by atoms with Gasteiger partial charge in [0.1, 0.15) is 19.0 Å². The number of halogens is 1. The summed E-state index contributed by atoms with van der Waals surface area (Å²) in [7, 11) is 0. The third kappa shape index (κ3) is 6.19. The molecule has 1 aromatic heterocycles. The van der Waals surface area contributed by atoms with Gasteiger partial charge in [-0.1, -0.05) is 54.1 Å². The zero-order valence-corrected chi connectivity index (χ0v) is 17.5. The number of nitrogens with zero attached hydrogens (tertiary/aromatic N) is 2. The predicted octanol–water partition coefficient (Wildman–Crippen LogP) is 4.44. The molecule has 30 heavy (non-hydrogen) atoms. The highest BCUT2D eigenvalue weighted by atomic mass is 35.5. The Kier molecular flexibility index (Phi) is 7.63. The van der Waals surface area contributed by atoms with Gasteiger partial charge in [0, 0.05) is 23.2 Å². The molecule has 3 rings (SSSR count). The van der Waals surface area contributed by atoms with Gasteiger partial charge in [-0.3, -0.25) is 9.59 Å². The molecule has 0 radical (unpaired) electrons. The Bertz CT molecular complexity index is 1000. The number of aryl methyl sites for hydroxylation is 1. The molecule has 0 unspecified atom stereocenters. The van der Waals surface area contributed by atoms with Crippen molar-refractivity contribution in [2.75, 3.05) is 6.61 Å². The lowest BCUT2D eigenvalue weighted by Gasteiger charge is -2.08. The maximum Gasteiger partial charge on any atom is 0.325 e. The first kappa shape index (κ1) is 21.6. The van der Waals surface area contributed by atoms with Crippen LogP contribution in [0.25, 0.3) is 11.3 Å². The van der Waals surface area contributed by atoms with E-state index < -0.39 is 0 Å². The number of hydrogen-bond acceptors (Lipinski definition) is 5. The minimum atomic E-state index is -0.361. The van der Waals surface area contributed by atoms with E-state index in [0.29, 0.717) is 29.6 Å².